The second-order valence-electron chi connectivity index (χ2n) is 2.79. The van der Waals surface area contributed by atoms with E-state index in [-0.39, 0.29) is 11.0 Å². The minimum absolute atomic E-state index is 0. The van der Waals surface area contributed by atoms with E-state index in [9.17, 15) is 0 Å². The van der Waals surface area contributed by atoms with Crippen LogP contribution in [0, 0.1) is 0 Å². The molecular formula is C8H23NSi. The Morgan fingerprint density at radius 1 is 1.00 bits per heavy atom. The molecule has 0 saturated heterocycles. The van der Waals surface area contributed by atoms with Crippen LogP contribution in [0.1, 0.15) is 40.5 Å². The minimum atomic E-state index is 0. The van der Waals surface area contributed by atoms with Gasteiger partial charge in [-0.1, -0.05) is 13.8 Å². The maximum Gasteiger partial charge on any atom is 0.00385 e. The molecule has 0 spiro atoms. The number of nitrogens with one attached hydrogen (secondary N) is 1. The van der Waals surface area contributed by atoms with Crippen molar-refractivity contribution in [2.75, 3.05) is 0 Å². The van der Waals surface area contributed by atoms with Crippen LogP contribution in [-0.4, -0.2) is 23.0 Å². The van der Waals surface area contributed by atoms with Gasteiger partial charge in [0.2, 0.25) is 0 Å². The molecule has 0 rings (SSSR count). The first-order valence-electron chi connectivity index (χ1n) is 3.96. The van der Waals surface area contributed by atoms with E-state index in [1.165, 1.54) is 12.8 Å². The van der Waals surface area contributed by atoms with Gasteiger partial charge in [-0.2, -0.15) is 0 Å². The summed E-state index contributed by atoms with van der Waals surface area (Å²) >= 11 is 0. The molecule has 0 bridgehead atoms. The average Bonchev–Trinajstić information content (AvgIpc) is 1.87. The second-order valence-corrected chi connectivity index (χ2v) is 2.79. The Labute approximate surface area is 69.6 Å². The fourth-order valence-corrected chi connectivity index (χ4v) is 0.721. The molecule has 0 fully saturated rings. The van der Waals surface area contributed by atoms with Crippen molar-refractivity contribution in [2.45, 2.75) is 52.6 Å². The molecule has 0 radical (unpaired) electrons. The van der Waals surface area contributed by atoms with Gasteiger partial charge in [0.25, 0.3) is 0 Å². The highest BCUT2D eigenvalue weighted by atomic mass is 28.1. The monoisotopic (exact) mass is 161 g/mol. The van der Waals surface area contributed by atoms with Gasteiger partial charge < -0.3 is 5.32 Å². The van der Waals surface area contributed by atoms with Crippen molar-refractivity contribution in [3.05, 3.63) is 0 Å². The van der Waals surface area contributed by atoms with E-state index in [4.69, 9.17) is 0 Å². The van der Waals surface area contributed by atoms with Crippen LogP contribution >= 0.6 is 0 Å². The number of rotatable bonds is 4. The maximum atomic E-state index is 3.48. The Kier molecular flexibility index (Phi) is 9.34. The highest BCUT2D eigenvalue weighted by Crippen LogP contribution is 1.93. The van der Waals surface area contributed by atoms with Crippen molar-refractivity contribution in [1.82, 2.24) is 5.32 Å². The number of hydrogen-bond donors (Lipinski definition) is 1. The normalized spacial score (nSPS) is 15.6. The Balaban J connectivity index is 0. The van der Waals surface area contributed by atoms with Crippen molar-refractivity contribution in [2.24, 2.45) is 0 Å². The Hall–Kier alpha value is 0.177. The summed E-state index contributed by atoms with van der Waals surface area (Å²) in [5, 5.41) is 3.48. The van der Waals surface area contributed by atoms with Gasteiger partial charge in [-0.05, 0) is 37.7 Å². The summed E-state index contributed by atoms with van der Waals surface area (Å²) in [4.78, 5) is 0. The fourth-order valence-electron chi connectivity index (χ4n) is 0.721. The van der Waals surface area contributed by atoms with Gasteiger partial charge in [0.1, 0.15) is 0 Å². The van der Waals surface area contributed by atoms with Crippen molar-refractivity contribution in [3.8, 4) is 0 Å². The SMILES string of the molecule is CCC(C)NC(C)CC.[SiH4]. The summed E-state index contributed by atoms with van der Waals surface area (Å²) in [6, 6.07) is 1.36. The standard InChI is InChI=1S/C8H19N.H4Si/c1-5-7(3)9-8(4)6-2;/h7-9H,5-6H2,1-4H3;1H4. The van der Waals surface area contributed by atoms with E-state index >= 15 is 0 Å². The molecule has 2 heteroatoms. The molecule has 0 aliphatic rings. The van der Waals surface area contributed by atoms with Gasteiger partial charge in [0.05, 0.1) is 0 Å². The van der Waals surface area contributed by atoms with Crippen LogP contribution in [-0.2, 0) is 0 Å². The van der Waals surface area contributed by atoms with E-state index in [0.29, 0.717) is 12.1 Å². The zero-order chi connectivity index (χ0) is 7.28. The predicted octanol–water partition coefficient (Wildman–Crippen LogP) is 0.721. The van der Waals surface area contributed by atoms with E-state index in [1.807, 2.05) is 0 Å². The molecule has 0 aliphatic carbocycles. The van der Waals surface area contributed by atoms with Crippen molar-refractivity contribution >= 4 is 11.0 Å². The highest BCUT2D eigenvalue weighted by Gasteiger charge is 2.00. The molecule has 0 heterocycles. The zero-order valence-electron chi connectivity index (χ0n) is 7.07. The molecule has 0 aromatic heterocycles. The molecule has 0 aromatic rings. The summed E-state index contributed by atoms with van der Waals surface area (Å²) < 4.78 is 0. The smallest absolute Gasteiger partial charge is 0.00385 e. The van der Waals surface area contributed by atoms with Crippen LogP contribution in [0.3, 0.4) is 0 Å². The van der Waals surface area contributed by atoms with Crippen molar-refractivity contribution in [1.29, 1.82) is 0 Å². The molecule has 0 amide bonds. The van der Waals surface area contributed by atoms with Crippen LogP contribution in [0.2, 0.25) is 0 Å². The van der Waals surface area contributed by atoms with Gasteiger partial charge >= 0.3 is 0 Å². The lowest BCUT2D eigenvalue weighted by molar-refractivity contribution is 0.449. The number of hydrogen-bond acceptors (Lipinski definition) is 1. The Morgan fingerprint density at radius 2 is 1.30 bits per heavy atom. The van der Waals surface area contributed by atoms with E-state index in [2.05, 4.69) is 33.0 Å². The first-order chi connectivity index (χ1) is 4.20. The molecule has 2 atom stereocenters. The summed E-state index contributed by atoms with van der Waals surface area (Å²) in [6.45, 7) is 8.87. The third-order valence-corrected chi connectivity index (χ3v) is 1.79. The van der Waals surface area contributed by atoms with Crippen molar-refractivity contribution < 1.29 is 0 Å². The lowest BCUT2D eigenvalue weighted by atomic mass is 10.2. The lowest BCUT2D eigenvalue weighted by Gasteiger charge is -2.16. The lowest BCUT2D eigenvalue weighted by Crippen LogP contribution is -2.33. The molecule has 1 N–H and O–H groups in total. The van der Waals surface area contributed by atoms with Crippen LogP contribution < -0.4 is 5.32 Å². The molecule has 0 saturated carbocycles. The van der Waals surface area contributed by atoms with Gasteiger partial charge in [-0.15, -0.1) is 0 Å². The molecular weight excluding hydrogens is 138 g/mol. The fraction of sp³-hybridized carbons (Fsp3) is 1.00. The molecule has 10 heavy (non-hydrogen) atoms. The first kappa shape index (κ1) is 12.8. The summed E-state index contributed by atoms with van der Waals surface area (Å²) in [5.41, 5.74) is 0. The minimum Gasteiger partial charge on any atom is -0.312 e. The van der Waals surface area contributed by atoms with E-state index in [1.54, 1.807) is 0 Å². The van der Waals surface area contributed by atoms with Gasteiger partial charge in [-0.25, -0.2) is 0 Å². The maximum absolute atomic E-state index is 3.48. The van der Waals surface area contributed by atoms with Gasteiger partial charge in [0.15, 0.2) is 0 Å². The summed E-state index contributed by atoms with van der Waals surface area (Å²) in [7, 11) is 0. The summed E-state index contributed by atoms with van der Waals surface area (Å²) in [5.74, 6) is 0. The largest absolute Gasteiger partial charge is 0.312 e. The predicted molar refractivity (Wildman–Crippen MR) is 54.0 cm³/mol. The van der Waals surface area contributed by atoms with Crippen LogP contribution in [0.4, 0.5) is 0 Å². The van der Waals surface area contributed by atoms with Crippen LogP contribution in [0.5, 0.6) is 0 Å². The first-order valence-corrected chi connectivity index (χ1v) is 3.96. The van der Waals surface area contributed by atoms with Gasteiger partial charge in [0, 0.05) is 12.1 Å². The highest BCUT2D eigenvalue weighted by molar-refractivity contribution is 5.75. The summed E-state index contributed by atoms with van der Waals surface area (Å²) in [6.07, 6.45) is 2.45. The second kappa shape index (κ2) is 7.29. The van der Waals surface area contributed by atoms with Gasteiger partial charge in [-0.3, -0.25) is 0 Å². The molecule has 0 aromatic carbocycles. The molecule has 2 unspecified atom stereocenters. The van der Waals surface area contributed by atoms with Crippen molar-refractivity contribution in [3.63, 3.8) is 0 Å². The Morgan fingerprint density at radius 3 is 1.50 bits per heavy atom. The van der Waals surface area contributed by atoms with Crippen LogP contribution in [0.15, 0.2) is 0 Å². The third-order valence-electron chi connectivity index (χ3n) is 1.79. The molecule has 0 aliphatic heterocycles. The molecule has 1 nitrogen and oxygen atoms in total. The van der Waals surface area contributed by atoms with E-state index < -0.39 is 0 Å². The van der Waals surface area contributed by atoms with Crippen LogP contribution in [0.25, 0.3) is 0 Å². The zero-order valence-corrected chi connectivity index (χ0v) is 7.07. The topological polar surface area (TPSA) is 12.0 Å². The average molecular weight is 161 g/mol. The van der Waals surface area contributed by atoms with E-state index in [0.717, 1.165) is 0 Å². The Bertz CT molecular complexity index is 58.3. The molecule has 64 valence electrons. The quantitative estimate of drug-likeness (QED) is 0.599. The third kappa shape index (κ3) is 6.30.